The summed E-state index contributed by atoms with van der Waals surface area (Å²) in [5, 5.41) is 14.4. The lowest BCUT2D eigenvalue weighted by atomic mass is 10.1. The molecule has 11 nitrogen and oxygen atoms in total. The zero-order valence-electron chi connectivity index (χ0n) is 21.4. The Balaban J connectivity index is 1.55. The number of halogens is 1. The molecule has 1 saturated heterocycles. The number of hydrogen-bond donors (Lipinski definition) is 3. The molecule has 1 heterocycles. The van der Waals surface area contributed by atoms with Gasteiger partial charge in [-0.05, 0) is 79.2 Å². The number of ether oxygens (including phenoxy) is 3. The van der Waals surface area contributed by atoms with Crippen LogP contribution in [0.25, 0.3) is 6.08 Å². The molecule has 0 spiro atoms. The van der Waals surface area contributed by atoms with Crippen molar-refractivity contribution < 1.29 is 38.5 Å². The van der Waals surface area contributed by atoms with Crippen LogP contribution in [0, 0.1) is 0 Å². The summed E-state index contributed by atoms with van der Waals surface area (Å²) in [7, 11) is 1.54. The Labute approximate surface area is 233 Å². The number of phenolic OH excluding ortho intramolecular Hbond substituents is 1. The lowest BCUT2D eigenvalue weighted by Crippen LogP contribution is -2.54. The molecule has 0 saturated carbocycles. The van der Waals surface area contributed by atoms with Gasteiger partial charge in [-0.1, -0.05) is 11.6 Å². The number of urea groups is 1. The zero-order chi connectivity index (χ0) is 28.8. The number of nitrogens with zero attached hydrogens (tertiary/aromatic N) is 1. The third kappa shape index (κ3) is 6.33. The van der Waals surface area contributed by atoms with Gasteiger partial charge in [-0.25, -0.2) is 9.69 Å². The van der Waals surface area contributed by atoms with Crippen molar-refractivity contribution in [1.29, 1.82) is 0 Å². The number of barbiturate groups is 1. The van der Waals surface area contributed by atoms with Crippen molar-refractivity contribution in [1.82, 2.24) is 5.32 Å². The first-order chi connectivity index (χ1) is 19.2. The Bertz CT molecular complexity index is 1490. The first kappa shape index (κ1) is 28.0. The van der Waals surface area contributed by atoms with Crippen LogP contribution < -0.4 is 29.7 Å². The Hall–Kier alpha value is -5.03. The molecule has 206 valence electrons. The van der Waals surface area contributed by atoms with Crippen LogP contribution in [0.4, 0.5) is 16.2 Å². The van der Waals surface area contributed by atoms with Crippen molar-refractivity contribution in [2.75, 3.05) is 30.5 Å². The first-order valence-corrected chi connectivity index (χ1v) is 12.3. The average Bonchev–Trinajstić information content (AvgIpc) is 2.92. The molecular formula is C28H24ClN3O8. The third-order valence-corrected chi connectivity index (χ3v) is 5.85. The zero-order valence-corrected chi connectivity index (χ0v) is 22.2. The van der Waals surface area contributed by atoms with Gasteiger partial charge in [-0.15, -0.1) is 0 Å². The molecule has 0 radical (unpaired) electrons. The molecule has 4 rings (SSSR count). The molecule has 12 heteroatoms. The molecule has 3 N–H and O–H groups in total. The summed E-state index contributed by atoms with van der Waals surface area (Å²) in [5.41, 5.74) is 0.673. The lowest BCUT2D eigenvalue weighted by Gasteiger charge is -2.26. The summed E-state index contributed by atoms with van der Waals surface area (Å²) < 4.78 is 16.4. The maximum absolute atomic E-state index is 13.1. The maximum Gasteiger partial charge on any atom is 0.335 e. The van der Waals surface area contributed by atoms with E-state index in [1.54, 1.807) is 31.2 Å². The summed E-state index contributed by atoms with van der Waals surface area (Å²) in [6.45, 7) is 1.59. The number of phenols is 1. The number of aromatic hydroxyl groups is 1. The standard InChI is InChI=1S/C28H24ClN3O8/c1-3-39-23-14-16(12-21-26(35)31-28(37)32(27(21)36)18-6-8-19(33)9-7-18)13-22(29)25(23)40-15-24(34)30-17-4-10-20(38-2)11-5-17/h4-14,33H,3,15H2,1-2H3,(H,30,34)(H,31,35,37)/b21-12-. The second-order valence-electron chi connectivity index (χ2n) is 8.30. The van der Waals surface area contributed by atoms with Crippen molar-refractivity contribution in [3.05, 3.63) is 76.8 Å². The number of nitrogens with one attached hydrogen (secondary N) is 2. The van der Waals surface area contributed by atoms with Gasteiger partial charge in [0, 0.05) is 5.69 Å². The second-order valence-corrected chi connectivity index (χ2v) is 8.71. The summed E-state index contributed by atoms with van der Waals surface area (Å²) in [6.07, 6.45) is 1.26. The lowest BCUT2D eigenvalue weighted by molar-refractivity contribution is -0.122. The molecule has 0 aromatic heterocycles. The van der Waals surface area contributed by atoms with Crippen molar-refractivity contribution in [3.8, 4) is 23.0 Å². The van der Waals surface area contributed by atoms with Gasteiger partial charge in [0.25, 0.3) is 17.7 Å². The van der Waals surface area contributed by atoms with Crippen LogP contribution in [0.3, 0.4) is 0 Å². The van der Waals surface area contributed by atoms with Gasteiger partial charge in [0.1, 0.15) is 17.1 Å². The molecule has 5 amide bonds. The van der Waals surface area contributed by atoms with Gasteiger partial charge in [-0.2, -0.15) is 0 Å². The van der Waals surface area contributed by atoms with E-state index in [1.807, 2.05) is 0 Å². The van der Waals surface area contributed by atoms with Gasteiger partial charge in [0.2, 0.25) is 0 Å². The molecule has 0 bridgehead atoms. The smallest absolute Gasteiger partial charge is 0.335 e. The number of carbonyl (C=O) groups excluding carboxylic acids is 4. The van der Waals surface area contributed by atoms with Crippen molar-refractivity contribution >= 4 is 52.8 Å². The van der Waals surface area contributed by atoms with E-state index in [1.165, 1.54) is 49.6 Å². The number of imide groups is 2. The molecule has 1 aliphatic heterocycles. The summed E-state index contributed by atoms with van der Waals surface area (Å²) in [5.74, 6) is -1.36. The van der Waals surface area contributed by atoms with Crippen LogP contribution in [-0.2, 0) is 14.4 Å². The van der Waals surface area contributed by atoms with E-state index < -0.39 is 23.8 Å². The van der Waals surface area contributed by atoms with E-state index in [2.05, 4.69) is 10.6 Å². The maximum atomic E-state index is 13.1. The van der Waals surface area contributed by atoms with Crippen molar-refractivity contribution in [2.24, 2.45) is 0 Å². The van der Waals surface area contributed by atoms with E-state index >= 15 is 0 Å². The fourth-order valence-corrected chi connectivity index (χ4v) is 4.02. The number of rotatable bonds is 9. The highest BCUT2D eigenvalue weighted by Crippen LogP contribution is 2.37. The van der Waals surface area contributed by atoms with Crippen LogP contribution in [0.15, 0.2) is 66.2 Å². The quantitative estimate of drug-likeness (QED) is 0.259. The molecule has 1 aliphatic rings. The fraction of sp³-hybridized carbons (Fsp3) is 0.143. The normalized spacial score (nSPS) is 14.1. The predicted octanol–water partition coefficient (Wildman–Crippen LogP) is 4.14. The predicted molar refractivity (Wildman–Crippen MR) is 147 cm³/mol. The average molecular weight is 566 g/mol. The Morgan fingerprint density at radius 2 is 1.75 bits per heavy atom. The van der Waals surface area contributed by atoms with Crippen LogP contribution in [0.1, 0.15) is 12.5 Å². The third-order valence-electron chi connectivity index (χ3n) is 5.57. The Morgan fingerprint density at radius 3 is 2.40 bits per heavy atom. The van der Waals surface area contributed by atoms with E-state index in [9.17, 15) is 24.3 Å². The van der Waals surface area contributed by atoms with Gasteiger partial charge < -0.3 is 24.6 Å². The van der Waals surface area contributed by atoms with Crippen molar-refractivity contribution in [3.63, 3.8) is 0 Å². The van der Waals surface area contributed by atoms with E-state index in [-0.39, 0.29) is 46.7 Å². The summed E-state index contributed by atoms with van der Waals surface area (Å²) in [4.78, 5) is 51.3. The van der Waals surface area contributed by atoms with Gasteiger partial charge >= 0.3 is 6.03 Å². The Kier molecular flexibility index (Phi) is 8.55. The van der Waals surface area contributed by atoms with E-state index in [0.29, 0.717) is 17.0 Å². The van der Waals surface area contributed by atoms with Gasteiger partial charge in [0.05, 0.1) is 24.4 Å². The van der Waals surface area contributed by atoms with Crippen LogP contribution >= 0.6 is 11.6 Å². The number of hydrogen-bond acceptors (Lipinski definition) is 8. The largest absolute Gasteiger partial charge is 0.508 e. The highest BCUT2D eigenvalue weighted by Gasteiger charge is 2.37. The van der Waals surface area contributed by atoms with Gasteiger partial charge in [-0.3, -0.25) is 19.7 Å². The van der Waals surface area contributed by atoms with Gasteiger partial charge in [0.15, 0.2) is 18.1 Å². The highest BCUT2D eigenvalue weighted by molar-refractivity contribution is 6.39. The number of amides is 5. The van der Waals surface area contributed by atoms with Crippen LogP contribution in [0.2, 0.25) is 5.02 Å². The summed E-state index contributed by atoms with van der Waals surface area (Å²) >= 11 is 6.45. The summed E-state index contributed by atoms with van der Waals surface area (Å²) in [6, 6.07) is 14.1. The molecular weight excluding hydrogens is 542 g/mol. The molecule has 0 unspecified atom stereocenters. The monoisotopic (exact) mass is 565 g/mol. The van der Waals surface area contributed by atoms with Crippen molar-refractivity contribution in [2.45, 2.75) is 6.92 Å². The number of benzene rings is 3. The molecule has 3 aromatic rings. The van der Waals surface area contributed by atoms with Crippen LogP contribution in [-0.4, -0.2) is 49.2 Å². The Morgan fingerprint density at radius 1 is 1.05 bits per heavy atom. The first-order valence-electron chi connectivity index (χ1n) is 11.9. The number of anilines is 2. The minimum atomic E-state index is -0.928. The molecule has 1 fully saturated rings. The van der Waals surface area contributed by atoms with E-state index in [4.69, 9.17) is 25.8 Å². The molecule has 0 atom stereocenters. The van der Waals surface area contributed by atoms with E-state index in [0.717, 1.165) is 4.90 Å². The van der Waals surface area contributed by atoms with Crippen LogP contribution in [0.5, 0.6) is 23.0 Å². The minimum Gasteiger partial charge on any atom is -0.508 e. The number of carbonyl (C=O) groups is 4. The second kappa shape index (κ2) is 12.2. The highest BCUT2D eigenvalue weighted by atomic mass is 35.5. The fourth-order valence-electron chi connectivity index (χ4n) is 3.74. The number of methoxy groups -OCH3 is 1. The molecule has 40 heavy (non-hydrogen) atoms. The SMILES string of the molecule is CCOc1cc(/C=C2/C(=O)NC(=O)N(c3ccc(O)cc3)C2=O)cc(Cl)c1OCC(=O)Nc1ccc(OC)cc1. The topological polar surface area (TPSA) is 144 Å². The molecule has 0 aliphatic carbocycles. The molecule has 3 aromatic carbocycles. The minimum absolute atomic E-state index is 0.0564.